The van der Waals surface area contributed by atoms with Crippen molar-refractivity contribution in [1.29, 1.82) is 0 Å². The molecular formula is C55H70Cl2F3N7O9. The molecule has 2 heterocycles. The van der Waals surface area contributed by atoms with E-state index >= 15 is 4.39 Å². The number of hydrogen-bond donors (Lipinski definition) is 3. The van der Waals surface area contributed by atoms with E-state index in [-0.39, 0.29) is 55.5 Å². The summed E-state index contributed by atoms with van der Waals surface area (Å²) >= 11 is 12.5. The maximum Gasteiger partial charge on any atom is 0.411 e. The summed E-state index contributed by atoms with van der Waals surface area (Å²) < 4.78 is 63.0. The quantitative estimate of drug-likeness (QED) is 0.0766. The lowest BCUT2D eigenvalue weighted by Gasteiger charge is -2.50. The van der Waals surface area contributed by atoms with E-state index in [2.05, 4.69) is 15.6 Å². The Morgan fingerprint density at radius 2 is 1.63 bits per heavy atom. The summed E-state index contributed by atoms with van der Waals surface area (Å²) in [6, 6.07) is 14.4. The molecule has 4 amide bonds. The molecular weight excluding hydrogens is 1030 g/mol. The normalized spacial score (nSPS) is 18.0. The first-order valence-corrected chi connectivity index (χ1v) is 26.0. The van der Waals surface area contributed by atoms with Crippen molar-refractivity contribution >= 4 is 53.0 Å². The van der Waals surface area contributed by atoms with Gasteiger partial charge in [0.15, 0.2) is 0 Å². The number of likely N-dealkylation sites (tertiary alicyclic amines) is 1. The van der Waals surface area contributed by atoms with Crippen molar-refractivity contribution in [1.82, 2.24) is 34.9 Å². The van der Waals surface area contributed by atoms with Gasteiger partial charge in [-0.1, -0.05) is 35.3 Å². The van der Waals surface area contributed by atoms with Gasteiger partial charge in [0.1, 0.15) is 34.8 Å². The van der Waals surface area contributed by atoms with Gasteiger partial charge in [-0.05, 0) is 128 Å². The summed E-state index contributed by atoms with van der Waals surface area (Å²) in [6.45, 7) is 12.7. The first kappa shape index (κ1) is 59.4. The van der Waals surface area contributed by atoms with Gasteiger partial charge in [0.05, 0.1) is 49.0 Å². The number of halogens is 5. The number of hydrogen-bond acceptors (Lipinski definition) is 10. The van der Waals surface area contributed by atoms with Gasteiger partial charge >= 0.3 is 12.1 Å². The Kier molecular flexibility index (Phi) is 18.9. The largest absolute Gasteiger partial charge is 0.481 e. The second-order valence-electron chi connectivity index (χ2n) is 22.0. The lowest BCUT2D eigenvalue weighted by atomic mass is 9.71. The summed E-state index contributed by atoms with van der Waals surface area (Å²) in [6.07, 6.45) is 0.514. The zero-order valence-electron chi connectivity index (χ0n) is 44.8. The highest BCUT2D eigenvalue weighted by molar-refractivity contribution is 6.31. The number of rotatable bonds is 20. The van der Waals surface area contributed by atoms with Gasteiger partial charge in [-0.3, -0.25) is 24.1 Å². The van der Waals surface area contributed by atoms with Crippen molar-refractivity contribution in [2.24, 2.45) is 18.9 Å². The number of nitrogens with one attached hydrogen (secondary N) is 2. The van der Waals surface area contributed by atoms with E-state index in [0.717, 1.165) is 22.9 Å². The highest BCUT2D eigenvalue weighted by Gasteiger charge is 2.53. The molecule has 1 saturated heterocycles. The minimum atomic E-state index is -2.97. The van der Waals surface area contributed by atoms with Crippen LogP contribution >= 0.6 is 23.2 Å². The molecule has 1 aromatic heterocycles. The molecule has 2 fully saturated rings. The molecule has 1 aliphatic carbocycles. The Labute approximate surface area is 452 Å². The van der Waals surface area contributed by atoms with E-state index in [9.17, 15) is 37.9 Å². The average molecular weight is 1100 g/mol. The first-order chi connectivity index (χ1) is 35.5. The minimum absolute atomic E-state index is 0.0382. The van der Waals surface area contributed by atoms with Gasteiger partial charge in [0.2, 0.25) is 23.6 Å². The van der Waals surface area contributed by atoms with Crippen LogP contribution in [0.5, 0.6) is 11.5 Å². The van der Waals surface area contributed by atoms with Gasteiger partial charge in [-0.15, -0.1) is 0 Å². The third kappa shape index (κ3) is 15.0. The molecule has 0 bridgehead atoms. The van der Waals surface area contributed by atoms with Crippen LogP contribution in [0.25, 0.3) is 11.3 Å². The number of piperidine rings is 1. The number of methoxy groups -OCH3 is 1. The lowest BCUT2D eigenvalue weighted by molar-refractivity contribution is -0.164. The number of ether oxygens (including phenoxy) is 3. The number of imidazole rings is 1. The first-order valence-electron chi connectivity index (χ1n) is 25.2. The second-order valence-corrected chi connectivity index (χ2v) is 22.9. The molecule has 4 atom stereocenters. The number of benzene rings is 3. The molecule has 76 heavy (non-hydrogen) atoms. The van der Waals surface area contributed by atoms with Crippen LogP contribution in [0.1, 0.15) is 97.5 Å². The van der Waals surface area contributed by atoms with E-state index in [0.29, 0.717) is 29.4 Å². The topological polar surface area (TPSA) is 185 Å². The second kappa shape index (κ2) is 24.2. The third-order valence-corrected chi connectivity index (χ3v) is 14.5. The molecule has 21 heteroatoms. The zero-order chi connectivity index (χ0) is 56.1. The highest BCUT2D eigenvalue weighted by atomic mass is 35.5. The van der Waals surface area contributed by atoms with Crippen LogP contribution in [-0.4, -0.2) is 128 Å². The number of carbonyl (C=O) groups is 5. The number of likely N-dealkylation sites (N-methyl/N-ethyl adjacent to an activating group) is 1. The fourth-order valence-electron chi connectivity index (χ4n) is 9.70. The fourth-order valence-corrected chi connectivity index (χ4v) is 10.0. The molecule has 414 valence electrons. The monoisotopic (exact) mass is 1100 g/mol. The average Bonchev–Trinajstić information content (AvgIpc) is 3.69. The number of carboxylic acid groups (broad SMARTS) is 1. The highest BCUT2D eigenvalue weighted by Crippen LogP contribution is 2.48. The smallest absolute Gasteiger partial charge is 0.411 e. The predicted octanol–water partition coefficient (Wildman–Crippen LogP) is 9.67. The van der Waals surface area contributed by atoms with Gasteiger partial charge < -0.3 is 44.3 Å². The number of carboxylic acids is 1. The summed E-state index contributed by atoms with van der Waals surface area (Å²) in [7, 11) is 4.79. The maximum absolute atomic E-state index is 15.8. The fraction of sp³-hybridized carbons (Fsp3) is 0.527. The maximum atomic E-state index is 15.8. The van der Waals surface area contributed by atoms with Crippen LogP contribution in [0, 0.1) is 17.7 Å². The number of aromatic nitrogens is 2. The Bertz CT molecular complexity index is 2720. The van der Waals surface area contributed by atoms with E-state index in [1.165, 1.54) is 23.0 Å². The molecule has 4 aromatic rings. The number of amides is 4. The van der Waals surface area contributed by atoms with Crippen LogP contribution in [0.15, 0.2) is 66.9 Å². The van der Waals surface area contributed by atoms with Crippen LogP contribution in [0.3, 0.4) is 0 Å². The number of nitrogens with zero attached hydrogens (tertiary/aromatic N) is 5. The van der Waals surface area contributed by atoms with Gasteiger partial charge in [0.25, 0.3) is 0 Å². The molecule has 0 unspecified atom stereocenters. The molecule has 3 aromatic carbocycles. The van der Waals surface area contributed by atoms with Gasteiger partial charge in [0, 0.05) is 80.4 Å². The number of carbonyl (C=O) groups excluding carboxylic acids is 4. The van der Waals surface area contributed by atoms with Crippen LogP contribution in [0.2, 0.25) is 10.0 Å². The van der Waals surface area contributed by atoms with Crippen molar-refractivity contribution in [3.05, 3.63) is 99.7 Å². The minimum Gasteiger partial charge on any atom is -0.481 e. The van der Waals surface area contributed by atoms with Crippen LogP contribution in [0.4, 0.5) is 18.0 Å². The van der Waals surface area contributed by atoms with Gasteiger partial charge in [-0.2, -0.15) is 0 Å². The molecule has 0 spiro atoms. The Balaban J connectivity index is 1.14. The van der Waals surface area contributed by atoms with E-state index in [1.807, 2.05) is 65.3 Å². The van der Waals surface area contributed by atoms with Crippen molar-refractivity contribution < 1.29 is 56.5 Å². The SMILES string of the molecule is COC[C@H](NC(=O)[C@H](C)NCc1c(F)cc(Cl)cc1Oc1ccc(-c2cnc(CN(C(=O)OC(C)(C)C)C(C)(C)C)n2C)cc1)C(=O)N(C)[C@@]1(Cc2ccc(Cl)cc2)CCCN(C(=O)[C@@H](CC(=O)O)C2CC(F)(F)C2)C1. The molecule has 1 aliphatic heterocycles. The molecule has 2 aliphatic rings. The Morgan fingerprint density at radius 1 is 0.974 bits per heavy atom. The summed E-state index contributed by atoms with van der Waals surface area (Å²) in [5.74, 6) is -7.58. The van der Waals surface area contributed by atoms with Crippen LogP contribution in [-0.2, 0) is 55.2 Å². The standard InChI is InChI=1S/C55H70Cl2F3N7O9/c1-33(61-28-41-42(58)22-38(57)23-45(41)75-39-18-14-35(15-19-39)44-29-62-46(64(44)8)30-67(52(2,3)4)51(73)76-53(5,6)7)48(70)63-43(31-74-10)50(72)65(9)54(25-34-12-16-37(56)17-13-34)20-11-21-66(32-54)49(71)40(24-47(68)69)36-26-55(59,60)27-36/h12-19,22-23,29,33,36,40,43,61H,11,20-21,24-28,30-32H2,1-10H3,(H,63,70)(H,68,69)/t33-,40-,43-,54+/m0/s1. The molecule has 0 radical (unpaired) electrons. The molecule has 16 nitrogen and oxygen atoms in total. The Hall–Kier alpha value is -5.89. The van der Waals surface area contributed by atoms with Crippen molar-refractivity contribution in [2.75, 3.05) is 33.9 Å². The van der Waals surface area contributed by atoms with Crippen molar-refractivity contribution in [3.63, 3.8) is 0 Å². The van der Waals surface area contributed by atoms with E-state index in [4.69, 9.17) is 37.4 Å². The van der Waals surface area contributed by atoms with Gasteiger partial charge in [-0.25, -0.2) is 22.9 Å². The third-order valence-electron chi connectivity index (χ3n) is 14.0. The summed E-state index contributed by atoms with van der Waals surface area (Å²) in [5.41, 5.74) is 0.0677. The number of aliphatic carboxylic acids is 1. The predicted molar refractivity (Wildman–Crippen MR) is 282 cm³/mol. The van der Waals surface area contributed by atoms with Crippen molar-refractivity contribution in [3.8, 4) is 22.8 Å². The zero-order valence-corrected chi connectivity index (χ0v) is 46.3. The van der Waals surface area contributed by atoms with E-state index in [1.54, 1.807) is 61.5 Å². The van der Waals surface area contributed by atoms with Crippen molar-refractivity contribution in [2.45, 2.75) is 135 Å². The van der Waals surface area contributed by atoms with Crippen LogP contribution < -0.4 is 15.4 Å². The molecule has 6 rings (SSSR count). The lowest BCUT2D eigenvalue weighted by Crippen LogP contribution is -2.65. The number of alkyl halides is 2. The molecule has 1 saturated carbocycles. The van der Waals surface area contributed by atoms with E-state index < -0.39 is 101 Å². The summed E-state index contributed by atoms with van der Waals surface area (Å²) in [5, 5.41) is 16.1. The summed E-state index contributed by atoms with van der Waals surface area (Å²) in [4.78, 5) is 77.1. The molecule has 3 N–H and O–H groups in total. The Morgan fingerprint density at radius 3 is 2.22 bits per heavy atom.